The molecule has 3 aliphatic rings. The number of benzene rings is 6. The molecule has 3 aliphatic heterocycles. The number of nitrogens with zero attached hydrogens (tertiary/aromatic N) is 8. The monoisotopic (exact) mass is 1590 g/mol. The number of hydrogen-bond donors (Lipinski definition) is 6. The van der Waals surface area contributed by atoms with Crippen LogP contribution >= 0.6 is 15.9 Å². The lowest BCUT2D eigenvalue weighted by atomic mass is 10.1. The Labute approximate surface area is 647 Å². The Morgan fingerprint density at radius 2 is 0.891 bits per heavy atom. The summed E-state index contributed by atoms with van der Waals surface area (Å²) in [7, 11) is 0.466. The van der Waals surface area contributed by atoms with Crippen molar-refractivity contribution in [2.45, 2.75) is 104 Å². The zero-order valence-corrected chi connectivity index (χ0v) is 65.5. The molecule has 12 rings (SSSR count). The topological polar surface area (TPSA) is 350 Å². The molecule has 9 aromatic rings. The second-order valence-electron chi connectivity index (χ2n) is 25.9. The van der Waals surface area contributed by atoms with Gasteiger partial charge in [0.05, 0.1) is 119 Å². The highest BCUT2D eigenvalue weighted by atomic mass is 79.9. The largest absolute Gasteiger partial charge is 0.491 e. The molecule has 0 unspecified atom stereocenters. The SMILES string of the molecule is COC(=O)c1ccc([C@H](C)NC(=O)c2c(C)nn3c2N(Cc2cccc(COCOS(C)(=O)=O)c2)CC3)cc1.COC(=O)c1ccc([C@H](C)NC(=O)c2c(C)nn3c2N(Cc2cccc(OCCO)c2)CC3)cc1.COC(=O)c1ccc([C@H](C)NC(=O)c2c(C)nn3c2NCC3)cc1.OCCOc1cccc(CBr)c1. The van der Waals surface area contributed by atoms with Gasteiger partial charge in [-0.25, -0.2) is 32.6 Å². The number of rotatable bonds is 28. The van der Waals surface area contributed by atoms with E-state index in [1.54, 1.807) is 48.5 Å². The number of alkyl halides is 1. The molecule has 3 atom stereocenters. The number of esters is 3. The maximum absolute atomic E-state index is 13.4. The number of hydrogen-bond acceptors (Lipinski definition) is 23. The van der Waals surface area contributed by atoms with Gasteiger partial charge in [0.2, 0.25) is 0 Å². The van der Waals surface area contributed by atoms with E-state index in [1.807, 2.05) is 153 Å². The lowest BCUT2D eigenvalue weighted by Gasteiger charge is -2.21. The van der Waals surface area contributed by atoms with Gasteiger partial charge in [0.1, 0.15) is 58.9 Å². The van der Waals surface area contributed by atoms with Crippen LogP contribution in [0.5, 0.6) is 11.5 Å². The van der Waals surface area contributed by atoms with Crippen molar-refractivity contribution in [2.75, 3.05) is 95.6 Å². The summed E-state index contributed by atoms with van der Waals surface area (Å²) in [6.07, 6.45) is 0.971. The number of halogens is 1. The number of fused-ring (bicyclic) bond motifs is 3. The standard InChI is InChI=1S/C27H32N4O7S.C26H30N4O5.C17H20N4O3.C9H11BrO2/c1-18(22-8-10-23(11-9-22)27(33)36-3)28-25(32)24-19(2)29-31-13-12-30(26(24)31)15-20-6-5-7-21(14-20)16-37-17-38-39(4,34)35;1-17(20-7-9-21(10-8-20)26(33)34-3)27-24(32)23-18(2)28-30-12-11-29(25(23)30)16-19-5-4-6-22(15-19)35-14-13-31;1-10(12-4-6-13(7-5-12)17(23)24-3)19-16(22)14-11(2)20-21-9-8-18-15(14)21;10-7-8-2-1-3-9(6-8)12-5-4-11/h5-11,14,18H,12-13,15-17H2,1-4H3,(H,28,32);4-10,15,17,31H,11-14,16H2,1-3H3,(H,27,32);4-7,10,18H,8-9H2,1-3H3,(H,19,22);1-3,6,11H,4-5,7H2/t18-;17-;10-;/m000./s1. The van der Waals surface area contributed by atoms with Gasteiger partial charge in [-0.05, 0) is 141 Å². The first-order chi connectivity index (χ1) is 52.8. The van der Waals surface area contributed by atoms with Gasteiger partial charge in [-0.15, -0.1) is 0 Å². The second kappa shape index (κ2) is 39.4. The third kappa shape index (κ3) is 22.1. The minimum absolute atomic E-state index is 0.0405. The summed E-state index contributed by atoms with van der Waals surface area (Å²) in [4.78, 5) is 78.5. The van der Waals surface area contributed by atoms with Gasteiger partial charge in [-0.3, -0.25) is 14.4 Å². The Hall–Kier alpha value is -11.0. The fraction of sp³-hybridized carbons (Fsp3) is 0.354. The third-order valence-corrected chi connectivity index (χ3v) is 19.1. The van der Waals surface area contributed by atoms with Gasteiger partial charge in [0.25, 0.3) is 27.8 Å². The van der Waals surface area contributed by atoms with E-state index in [2.05, 4.69) is 71.2 Å². The molecule has 6 N–H and O–H groups in total. The number of aryl methyl sites for hydroxylation is 3. The first kappa shape index (κ1) is 83.1. The van der Waals surface area contributed by atoms with Crippen LogP contribution in [0.15, 0.2) is 146 Å². The minimum atomic E-state index is -3.56. The predicted octanol–water partition coefficient (Wildman–Crippen LogP) is 9.65. The fourth-order valence-corrected chi connectivity index (χ4v) is 13.1. The first-order valence-corrected chi connectivity index (χ1v) is 38.4. The number of ether oxygens (including phenoxy) is 6. The molecular weight excluding hydrogens is 1500 g/mol. The van der Waals surface area contributed by atoms with E-state index in [0.29, 0.717) is 95.5 Å². The van der Waals surface area contributed by atoms with E-state index in [9.17, 15) is 37.2 Å². The molecule has 0 aliphatic carbocycles. The third-order valence-electron chi connectivity index (χ3n) is 18.0. The Bertz CT molecular complexity index is 4780. The summed E-state index contributed by atoms with van der Waals surface area (Å²) in [5, 5.41) is 44.2. The number of methoxy groups -OCH3 is 3. The normalized spacial score (nSPS) is 13.2. The molecule has 0 fully saturated rings. The first-order valence-electron chi connectivity index (χ1n) is 35.5. The molecule has 0 saturated heterocycles. The van der Waals surface area contributed by atoms with Crippen LogP contribution in [0.4, 0.5) is 17.5 Å². The summed E-state index contributed by atoms with van der Waals surface area (Å²) < 4.78 is 62.6. The highest BCUT2D eigenvalue weighted by molar-refractivity contribution is 9.08. The quantitative estimate of drug-likeness (QED) is 0.00663. The predicted molar refractivity (Wildman–Crippen MR) is 415 cm³/mol. The average Bonchev–Trinajstić information content (AvgIpc) is 1.61. The van der Waals surface area contributed by atoms with Crippen LogP contribution in [0.3, 0.4) is 0 Å². The highest BCUT2D eigenvalue weighted by Gasteiger charge is 2.33. The highest BCUT2D eigenvalue weighted by Crippen LogP contribution is 2.34. The van der Waals surface area contributed by atoms with E-state index < -0.39 is 22.1 Å². The van der Waals surface area contributed by atoms with Crippen molar-refractivity contribution in [3.05, 3.63) is 235 Å². The van der Waals surface area contributed by atoms with Crippen LogP contribution in [0.1, 0.15) is 157 Å². The van der Waals surface area contributed by atoms with E-state index in [4.69, 9.17) is 33.9 Å². The van der Waals surface area contributed by atoms with Gasteiger partial charge < -0.3 is 69.7 Å². The van der Waals surface area contributed by atoms with Gasteiger partial charge in [0, 0.05) is 38.1 Å². The lowest BCUT2D eigenvalue weighted by molar-refractivity contribution is 0.00955. The number of amides is 3. The van der Waals surface area contributed by atoms with Gasteiger partial charge in [-0.2, -0.15) is 23.7 Å². The number of aromatic nitrogens is 6. The Balaban J connectivity index is 0.000000180. The zero-order valence-electron chi connectivity index (χ0n) is 63.1. The average molecular weight is 1590 g/mol. The summed E-state index contributed by atoms with van der Waals surface area (Å²) in [6.45, 7) is 17.2. The van der Waals surface area contributed by atoms with Crippen molar-refractivity contribution >= 4 is 79.1 Å². The summed E-state index contributed by atoms with van der Waals surface area (Å²) >= 11 is 3.35. The molecular formula is C79H93BrN12O17S. The maximum Gasteiger partial charge on any atom is 0.337 e. The number of carbonyl (C=O) groups excluding carboxylic acids is 6. The Kier molecular flexibility index (Phi) is 29.8. The van der Waals surface area contributed by atoms with Gasteiger partial charge >= 0.3 is 17.9 Å². The molecule has 29 nitrogen and oxygen atoms in total. The molecule has 6 heterocycles. The van der Waals surface area contributed by atoms with Crippen molar-refractivity contribution in [3.8, 4) is 11.5 Å². The van der Waals surface area contributed by atoms with E-state index in [-0.39, 0.29) is 75.0 Å². The van der Waals surface area contributed by atoms with Crippen molar-refractivity contribution in [1.29, 1.82) is 0 Å². The lowest BCUT2D eigenvalue weighted by Crippen LogP contribution is -2.29. The maximum atomic E-state index is 13.4. The number of aliphatic hydroxyl groups is 2. The number of anilines is 3. The molecule has 3 amide bonds. The number of nitrogens with one attached hydrogen (secondary N) is 4. The Morgan fingerprint density at radius 3 is 1.31 bits per heavy atom. The molecule has 0 radical (unpaired) electrons. The van der Waals surface area contributed by atoms with E-state index >= 15 is 0 Å². The molecule has 0 bridgehead atoms. The van der Waals surface area contributed by atoms with E-state index in [1.165, 1.54) is 26.9 Å². The Morgan fingerprint density at radius 1 is 0.509 bits per heavy atom. The fourth-order valence-electron chi connectivity index (χ4n) is 12.5. The summed E-state index contributed by atoms with van der Waals surface area (Å²) in [5.41, 5.74) is 11.8. The van der Waals surface area contributed by atoms with E-state index in [0.717, 1.165) is 87.8 Å². The van der Waals surface area contributed by atoms with Gasteiger partial charge in [0.15, 0.2) is 6.79 Å². The van der Waals surface area contributed by atoms with Gasteiger partial charge in [-0.1, -0.05) is 101 Å². The molecule has 6 aromatic carbocycles. The molecule has 110 heavy (non-hydrogen) atoms. The van der Waals surface area contributed by atoms with Crippen LogP contribution in [0.2, 0.25) is 0 Å². The number of carbonyl (C=O) groups is 6. The summed E-state index contributed by atoms with van der Waals surface area (Å²) in [5.74, 6) is 2.08. The second-order valence-corrected chi connectivity index (χ2v) is 28.1. The number of aliphatic hydroxyl groups excluding tert-OH is 2. The van der Waals surface area contributed by atoms with Crippen LogP contribution in [0, 0.1) is 20.8 Å². The molecule has 3 aromatic heterocycles. The molecule has 31 heteroatoms. The molecule has 584 valence electrons. The van der Waals surface area contributed by atoms with Crippen LogP contribution < -0.4 is 40.5 Å². The smallest absolute Gasteiger partial charge is 0.337 e. The zero-order chi connectivity index (χ0) is 79.2. The van der Waals surface area contributed by atoms with Crippen molar-refractivity contribution in [1.82, 2.24) is 45.3 Å². The minimum Gasteiger partial charge on any atom is -0.491 e. The summed E-state index contributed by atoms with van der Waals surface area (Å²) in [6, 6.07) is 43.4. The van der Waals surface area contributed by atoms with Crippen LogP contribution in [0.25, 0.3) is 0 Å². The van der Waals surface area contributed by atoms with Crippen LogP contribution in [-0.2, 0) is 77.9 Å². The van der Waals surface area contributed by atoms with Crippen LogP contribution in [-0.4, -0.2) is 164 Å². The van der Waals surface area contributed by atoms with Crippen molar-refractivity contribution in [3.63, 3.8) is 0 Å². The molecule has 0 saturated carbocycles. The van der Waals surface area contributed by atoms with Crippen molar-refractivity contribution < 1.29 is 80.0 Å². The van der Waals surface area contributed by atoms with Crippen molar-refractivity contribution in [2.24, 2.45) is 0 Å². The molecule has 0 spiro atoms.